The maximum Gasteiger partial charge on any atom is 0.172 e. The van der Waals surface area contributed by atoms with Crippen LogP contribution < -0.4 is 0 Å². The van der Waals surface area contributed by atoms with Crippen LogP contribution in [0.3, 0.4) is 0 Å². The largest absolute Gasteiger partial charge is 0.293 e. The molecule has 0 amide bonds. The van der Waals surface area contributed by atoms with Gasteiger partial charge in [-0.1, -0.05) is 17.7 Å². The second-order valence-electron chi connectivity index (χ2n) is 4.63. The van der Waals surface area contributed by atoms with Gasteiger partial charge in [0.25, 0.3) is 0 Å². The fourth-order valence-electron chi connectivity index (χ4n) is 2.52. The fraction of sp³-hybridized carbons (Fsp3) is 0.200. The molecule has 0 bridgehead atoms. The molecule has 1 unspecified atom stereocenters. The minimum Gasteiger partial charge on any atom is -0.293 e. The van der Waals surface area contributed by atoms with Gasteiger partial charge in [-0.3, -0.25) is 9.78 Å². The van der Waals surface area contributed by atoms with E-state index in [4.69, 9.17) is 11.6 Å². The SMILES string of the molecule is O=C(c1ccc(Cl)c(F)c1)C1CCc2cccnc21. The van der Waals surface area contributed by atoms with Gasteiger partial charge in [-0.25, -0.2) is 4.39 Å². The molecule has 0 fully saturated rings. The molecule has 0 radical (unpaired) electrons. The molecule has 2 aromatic rings. The van der Waals surface area contributed by atoms with E-state index in [2.05, 4.69) is 4.98 Å². The van der Waals surface area contributed by atoms with Crippen LogP contribution in [-0.4, -0.2) is 10.8 Å². The molecule has 19 heavy (non-hydrogen) atoms. The van der Waals surface area contributed by atoms with Crippen molar-refractivity contribution in [2.75, 3.05) is 0 Å². The Morgan fingerprint density at radius 3 is 3.00 bits per heavy atom. The Hall–Kier alpha value is -1.74. The van der Waals surface area contributed by atoms with Gasteiger partial charge in [-0.15, -0.1) is 0 Å². The summed E-state index contributed by atoms with van der Waals surface area (Å²) in [4.78, 5) is 16.7. The zero-order valence-electron chi connectivity index (χ0n) is 10.1. The van der Waals surface area contributed by atoms with Crippen LogP contribution in [-0.2, 0) is 6.42 Å². The number of nitrogens with zero attached hydrogens (tertiary/aromatic N) is 1. The van der Waals surface area contributed by atoms with Crippen molar-refractivity contribution in [1.29, 1.82) is 0 Å². The first-order valence-corrected chi connectivity index (χ1v) is 6.47. The molecule has 1 aromatic heterocycles. The van der Waals surface area contributed by atoms with Gasteiger partial charge in [0.05, 0.1) is 16.6 Å². The van der Waals surface area contributed by atoms with Crippen molar-refractivity contribution in [2.24, 2.45) is 0 Å². The molecular weight excluding hydrogens is 265 g/mol. The molecule has 0 saturated heterocycles. The van der Waals surface area contributed by atoms with Crippen LogP contribution in [0, 0.1) is 5.82 Å². The normalized spacial score (nSPS) is 17.3. The van der Waals surface area contributed by atoms with Gasteiger partial charge in [0, 0.05) is 11.8 Å². The van der Waals surface area contributed by atoms with E-state index in [0.29, 0.717) is 5.56 Å². The van der Waals surface area contributed by atoms with Crippen molar-refractivity contribution in [3.8, 4) is 0 Å². The number of carbonyl (C=O) groups excluding carboxylic acids is 1. The number of benzene rings is 1. The highest BCUT2D eigenvalue weighted by atomic mass is 35.5. The fourth-order valence-corrected chi connectivity index (χ4v) is 2.64. The number of hydrogen-bond donors (Lipinski definition) is 0. The Bertz CT molecular complexity index is 656. The number of hydrogen-bond acceptors (Lipinski definition) is 2. The molecule has 0 N–H and O–H groups in total. The number of pyridine rings is 1. The monoisotopic (exact) mass is 275 g/mol. The van der Waals surface area contributed by atoms with E-state index in [0.717, 1.165) is 24.1 Å². The molecule has 2 nitrogen and oxygen atoms in total. The summed E-state index contributed by atoms with van der Waals surface area (Å²) in [6.07, 6.45) is 3.26. The number of carbonyl (C=O) groups is 1. The summed E-state index contributed by atoms with van der Waals surface area (Å²) >= 11 is 5.63. The van der Waals surface area contributed by atoms with Crippen molar-refractivity contribution in [1.82, 2.24) is 4.98 Å². The lowest BCUT2D eigenvalue weighted by molar-refractivity contribution is 0.0957. The van der Waals surface area contributed by atoms with E-state index in [9.17, 15) is 9.18 Å². The van der Waals surface area contributed by atoms with Crippen LogP contribution in [0.5, 0.6) is 0 Å². The predicted octanol–water partition coefficient (Wildman–Crippen LogP) is 3.79. The smallest absolute Gasteiger partial charge is 0.172 e. The second-order valence-corrected chi connectivity index (χ2v) is 5.04. The van der Waals surface area contributed by atoms with Crippen LogP contribution in [0.15, 0.2) is 36.5 Å². The standard InChI is InChI=1S/C15H11ClFNO/c16-12-6-4-10(8-13(12)17)15(19)11-5-3-9-2-1-7-18-14(9)11/h1-2,4,6-8,11H,3,5H2. The molecule has 1 aromatic carbocycles. The van der Waals surface area contributed by atoms with Crippen molar-refractivity contribution >= 4 is 17.4 Å². The van der Waals surface area contributed by atoms with Crippen molar-refractivity contribution in [2.45, 2.75) is 18.8 Å². The van der Waals surface area contributed by atoms with Crippen LogP contribution >= 0.6 is 11.6 Å². The zero-order chi connectivity index (χ0) is 13.4. The van der Waals surface area contributed by atoms with Crippen molar-refractivity contribution in [3.63, 3.8) is 0 Å². The first-order chi connectivity index (χ1) is 9.16. The molecule has 0 spiro atoms. The number of aryl methyl sites for hydroxylation is 1. The van der Waals surface area contributed by atoms with E-state index >= 15 is 0 Å². The molecule has 0 saturated carbocycles. The summed E-state index contributed by atoms with van der Waals surface area (Å²) in [6.45, 7) is 0. The Balaban J connectivity index is 1.95. The van der Waals surface area contributed by atoms with Gasteiger partial charge in [0.1, 0.15) is 5.82 Å². The van der Waals surface area contributed by atoms with Crippen molar-refractivity contribution < 1.29 is 9.18 Å². The number of fused-ring (bicyclic) bond motifs is 1. The van der Waals surface area contributed by atoms with E-state index in [1.165, 1.54) is 12.1 Å². The summed E-state index contributed by atoms with van der Waals surface area (Å²) in [5, 5.41) is 0.0292. The highest BCUT2D eigenvalue weighted by Crippen LogP contribution is 2.34. The number of Topliss-reactive ketones (excluding diaryl/α,β-unsaturated/α-hetero) is 1. The van der Waals surface area contributed by atoms with Crippen molar-refractivity contribution in [3.05, 3.63) is 64.2 Å². The van der Waals surface area contributed by atoms with Crippen LogP contribution in [0.2, 0.25) is 5.02 Å². The van der Waals surface area contributed by atoms with Gasteiger partial charge in [0.15, 0.2) is 5.78 Å². The lowest BCUT2D eigenvalue weighted by Gasteiger charge is -2.09. The Kier molecular flexibility index (Phi) is 3.07. The minimum atomic E-state index is -0.563. The van der Waals surface area contributed by atoms with E-state index in [-0.39, 0.29) is 16.7 Å². The predicted molar refractivity (Wildman–Crippen MR) is 71.0 cm³/mol. The Morgan fingerprint density at radius 1 is 1.37 bits per heavy atom. The number of halogens is 2. The molecule has 1 aliphatic carbocycles. The average molecular weight is 276 g/mol. The van der Waals surface area contributed by atoms with Gasteiger partial charge >= 0.3 is 0 Å². The maximum absolute atomic E-state index is 13.4. The van der Waals surface area contributed by atoms with E-state index in [1.54, 1.807) is 12.3 Å². The Labute approximate surface area is 115 Å². The van der Waals surface area contributed by atoms with Gasteiger partial charge < -0.3 is 0 Å². The third kappa shape index (κ3) is 2.15. The summed E-state index contributed by atoms with van der Waals surface area (Å²) < 4.78 is 13.4. The second kappa shape index (κ2) is 4.74. The van der Waals surface area contributed by atoms with Crippen LogP contribution in [0.25, 0.3) is 0 Å². The maximum atomic E-state index is 13.4. The van der Waals surface area contributed by atoms with Crippen LogP contribution in [0.1, 0.15) is 34.0 Å². The first kappa shape index (κ1) is 12.3. The van der Waals surface area contributed by atoms with Gasteiger partial charge in [-0.05, 0) is 42.7 Å². The van der Waals surface area contributed by atoms with Crippen LogP contribution in [0.4, 0.5) is 4.39 Å². The molecular formula is C15H11ClFNO. The third-order valence-electron chi connectivity index (χ3n) is 3.48. The topological polar surface area (TPSA) is 30.0 Å². The molecule has 96 valence electrons. The van der Waals surface area contributed by atoms with Gasteiger partial charge in [-0.2, -0.15) is 0 Å². The average Bonchev–Trinajstić information content (AvgIpc) is 2.85. The number of ketones is 1. The molecule has 1 heterocycles. The molecule has 3 rings (SSSR count). The summed E-state index contributed by atoms with van der Waals surface area (Å²) in [5.41, 5.74) is 2.28. The summed E-state index contributed by atoms with van der Waals surface area (Å²) in [5.74, 6) is -0.920. The minimum absolute atomic E-state index is 0.0292. The number of aromatic nitrogens is 1. The van der Waals surface area contributed by atoms with E-state index < -0.39 is 5.82 Å². The highest BCUT2D eigenvalue weighted by molar-refractivity contribution is 6.30. The Morgan fingerprint density at radius 2 is 2.21 bits per heavy atom. The highest BCUT2D eigenvalue weighted by Gasteiger charge is 2.30. The molecule has 0 aliphatic heterocycles. The lowest BCUT2D eigenvalue weighted by atomic mass is 9.95. The number of rotatable bonds is 2. The quantitative estimate of drug-likeness (QED) is 0.781. The summed E-state index contributed by atoms with van der Waals surface area (Å²) in [7, 11) is 0. The van der Waals surface area contributed by atoms with Gasteiger partial charge in [0.2, 0.25) is 0 Å². The lowest BCUT2D eigenvalue weighted by Crippen LogP contribution is -2.11. The summed E-state index contributed by atoms with van der Waals surface area (Å²) in [6, 6.07) is 8.03. The zero-order valence-corrected chi connectivity index (χ0v) is 10.8. The molecule has 1 aliphatic rings. The first-order valence-electron chi connectivity index (χ1n) is 6.10. The van der Waals surface area contributed by atoms with E-state index in [1.807, 2.05) is 12.1 Å². The third-order valence-corrected chi connectivity index (χ3v) is 3.79. The molecule has 4 heteroatoms. The molecule has 1 atom stereocenters.